The molecule has 1 unspecified atom stereocenters. The van der Waals surface area contributed by atoms with Crippen LogP contribution in [0.25, 0.3) is 0 Å². The van der Waals surface area contributed by atoms with Gasteiger partial charge in [-0.15, -0.1) is 0 Å². The summed E-state index contributed by atoms with van der Waals surface area (Å²) in [4.78, 5) is 22.7. The first-order valence-electron chi connectivity index (χ1n) is 6.10. The monoisotopic (exact) mass is 265 g/mol. The molecule has 19 heavy (non-hydrogen) atoms. The zero-order valence-corrected chi connectivity index (χ0v) is 11.3. The van der Waals surface area contributed by atoms with Crippen molar-refractivity contribution in [3.8, 4) is 0 Å². The first-order chi connectivity index (χ1) is 8.95. The smallest absolute Gasteiger partial charge is 0.335 e. The summed E-state index contributed by atoms with van der Waals surface area (Å²) >= 11 is 0. The van der Waals surface area contributed by atoms with E-state index in [0.717, 1.165) is 0 Å². The van der Waals surface area contributed by atoms with Crippen molar-refractivity contribution in [2.45, 2.75) is 20.0 Å². The van der Waals surface area contributed by atoms with E-state index in [1.807, 2.05) is 13.8 Å². The van der Waals surface area contributed by atoms with E-state index in [2.05, 4.69) is 5.32 Å². The molecule has 0 aliphatic rings. The Morgan fingerprint density at radius 2 is 1.95 bits per heavy atom. The van der Waals surface area contributed by atoms with Gasteiger partial charge in [0, 0.05) is 19.2 Å². The number of carboxylic acids is 1. The van der Waals surface area contributed by atoms with Crippen LogP contribution in [0.3, 0.4) is 0 Å². The van der Waals surface area contributed by atoms with Gasteiger partial charge in [-0.1, -0.05) is 19.9 Å². The topological polar surface area (TPSA) is 75.6 Å². The van der Waals surface area contributed by atoms with Gasteiger partial charge in [-0.05, 0) is 24.1 Å². The summed E-state index contributed by atoms with van der Waals surface area (Å²) in [6.45, 7) is 4.40. The first-order valence-corrected chi connectivity index (χ1v) is 6.10. The Morgan fingerprint density at radius 1 is 1.32 bits per heavy atom. The van der Waals surface area contributed by atoms with Gasteiger partial charge in [0.25, 0.3) is 5.91 Å². The van der Waals surface area contributed by atoms with Crippen molar-refractivity contribution in [3.05, 3.63) is 35.4 Å². The van der Waals surface area contributed by atoms with Gasteiger partial charge in [0.05, 0.1) is 11.7 Å². The van der Waals surface area contributed by atoms with E-state index >= 15 is 0 Å². The number of benzene rings is 1. The summed E-state index contributed by atoms with van der Waals surface area (Å²) in [7, 11) is 1.60. The average Bonchev–Trinajstić information content (AvgIpc) is 2.38. The maximum atomic E-state index is 11.9. The Kier molecular flexibility index (Phi) is 5.51. The summed E-state index contributed by atoms with van der Waals surface area (Å²) in [5, 5.41) is 11.6. The summed E-state index contributed by atoms with van der Waals surface area (Å²) < 4.78 is 5.25. The molecule has 1 amide bonds. The number of rotatable bonds is 6. The summed E-state index contributed by atoms with van der Waals surface area (Å²) in [6.07, 6.45) is -0.0633. The van der Waals surface area contributed by atoms with Crippen molar-refractivity contribution in [1.82, 2.24) is 5.32 Å². The Morgan fingerprint density at radius 3 is 2.47 bits per heavy atom. The molecule has 0 aromatic heterocycles. The fourth-order valence-corrected chi connectivity index (χ4v) is 1.68. The molecule has 5 nitrogen and oxygen atoms in total. The number of hydrogen-bond acceptors (Lipinski definition) is 3. The lowest BCUT2D eigenvalue weighted by Gasteiger charge is -2.19. The third kappa shape index (κ3) is 4.37. The van der Waals surface area contributed by atoms with Crippen molar-refractivity contribution in [2.24, 2.45) is 5.92 Å². The zero-order chi connectivity index (χ0) is 14.4. The molecular weight excluding hydrogens is 246 g/mol. The van der Waals surface area contributed by atoms with Crippen molar-refractivity contribution in [1.29, 1.82) is 0 Å². The van der Waals surface area contributed by atoms with E-state index in [4.69, 9.17) is 9.84 Å². The number of carboxylic acid groups (broad SMARTS) is 1. The van der Waals surface area contributed by atoms with Crippen LogP contribution in [0.1, 0.15) is 34.6 Å². The van der Waals surface area contributed by atoms with Gasteiger partial charge in [0.15, 0.2) is 0 Å². The molecule has 0 spiro atoms. The Labute approximate surface area is 112 Å². The molecule has 1 rings (SSSR count). The van der Waals surface area contributed by atoms with Crippen LogP contribution in [0.15, 0.2) is 24.3 Å². The highest BCUT2D eigenvalue weighted by Gasteiger charge is 2.15. The lowest BCUT2D eigenvalue weighted by molar-refractivity contribution is 0.0605. The Balaban J connectivity index is 2.68. The molecule has 2 N–H and O–H groups in total. The number of nitrogens with one attached hydrogen (secondary N) is 1. The second-order valence-corrected chi connectivity index (χ2v) is 4.61. The Hall–Kier alpha value is -1.88. The van der Waals surface area contributed by atoms with Crippen LogP contribution in [-0.2, 0) is 4.74 Å². The van der Waals surface area contributed by atoms with Gasteiger partial charge in [-0.3, -0.25) is 4.79 Å². The number of amides is 1. The van der Waals surface area contributed by atoms with E-state index < -0.39 is 5.97 Å². The zero-order valence-electron chi connectivity index (χ0n) is 11.3. The summed E-state index contributed by atoms with van der Waals surface area (Å²) in [5.74, 6) is -1.06. The molecule has 0 fully saturated rings. The number of carbonyl (C=O) groups is 2. The van der Waals surface area contributed by atoms with Crippen molar-refractivity contribution in [3.63, 3.8) is 0 Å². The molecule has 5 heteroatoms. The largest absolute Gasteiger partial charge is 0.478 e. The van der Waals surface area contributed by atoms with Crippen LogP contribution < -0.4 is 5.32 Å². The van der Waals surface area contributed by atoms with E-state index in [0.29, 0.717) is 12.1 Å². The second kappa shape index (κ2) is 6.89. The fourth-order valence-electron chi connectivity index (χ4n) is 1.68. The summed E-state index contributed by atoms with van der Waals surface area (Å²) in [5.41, 5.74) is 0.429. The highest BCUT2D eigenvalue weighted by atomic mass is 16.5. The van der Waals surface area contributed by atoms with E-state index in [1.54, 1.807) is 19.2 Å². The maximum Gasteiger partial charge on any atom is 0.335 e. The second-order valence-electron chi connectivity index (χ2n) is 4.61. The van der Waals surface area contributed by atoms with Crippen LogP contribution in [0, 0.1) is 5.92 Å². The summed E-state index contributed by atoms with van der Waals surface area (Å²) in [6, 6.07) is 5.94. The standard InChI is InChI=1S/C14H19NO4/c1-9(2)12(19-3)8-15-13(16)10-5-4-6-11(7-10)14(17)18/h4-7,9,12H,8H2,1-3H3,(H,15,16)(H,17,18). The average molecular weight is 265 g/mol. The number of hydrogen-bond donors (Lipinski definition) is 2. The minimum Gasteiger partial charge on any atom is -0.478 e. The van der Waals surface area contributed by atoms with Crippen LogP contribution in [0.2, 0.25) is 0 Å². The molecular formula is C14H19NO4. The number of carbonyl (C=O) groups excluding carboxylic acids is 1. The highest BCUT2D eigenvalue weighted by Crippen LogP contribution is 2.07. The molecule has 1 aromatic rings. The minimum atomic E-state index is -1.05. The molecule has 0 aliphatic carbocycles. The van der Waals surface area contributed by atoms with Crippen LogP contribution in [-0.4, -0.2) is 36.7 Å². The molecule has 0 bridgehead atoms. The Bertz CT molecular complexity index is 457. The fraction of sp³-hybridized carbons (Fsp3) is 0.429. The number of ether oxygens (including phenoxy) is 1. The van der Waals surface area contributed by atoms with Gasteiger partial charge < -0.3 is 15.2 Å². The van der Waals surface area contributed by atoms with Crippen molar-refractivity contribution < 1.29 is 19.4 Å². The van der Waals surface area contributed by atoms with Gasteiger partial charge in [0.2, 0.25) is 0 Å². The molecule has 1 aromatic carbocycles. The molecule has 0 saturated heterocycles. The van der Waals surface area contributed by atoms with E-state index in [-0.39, 0.29) is 23.5 Å². The normalized spacial score (nSPS) is 12.2. The predicted molar refractivity (Wildman–Crippen MR) is 71.4 cm³/mol. The maximum absolute atomic E-state index is 11.9. The van der Waals surface area contributed by atoms with Gasteiger partial charge in [-0.2, -0.15) is 0 Å². The first kappa shape index (κ1) is 15.2. The third-order valence-electron chi connectivity index (χ3n) is 2.88. The molecule has 0 radical (unpaired) electrons. The van der Waals surface area contributed by atoms with E-state index in [9.17, 15) is 9.59 Å². The van der Waals surface area contributed by atoms with Crippen molar-refractivity contribution >= 4 is 11.9 Å². The van der Waals surface area contributed by atoms with Crippen molar-refractivity contribution in [2.75, 3.05) is 13.7 Å². The SMILES string of the molecule is COC(CNC(=O)c1cccc(C(=O)O)c1)C(C)C. The van der Waals surface area contributed by atoms with Crippen LogP contribution >= 0.6 is 0 Å². The predicted octanol–water partition coefficient (Wildman–Crippen LogP) is 1.79. The molecule has 104 valence electrons. The van der Waals surface area contributed by atoms with Gasteiger partial charge >= 0.3 is 5.97 Å². The lowest BCUT2D eigenvalue weighted by atomic mass is 10.1. The van der Waals surface area contributed by atoms with Gasteiger partial charge in [-0.25, -0.2) is 4.79 Å². The van der Waals surface area contributed by atoms with Crippen LogP contribution in [0.5, 0.6) is 0 Å². The minimum absolute atomic E-state index is 0.0633. The molecule has 1 atom stereocenters. The highest BCUT2D eigenvalue weighted by molar-refractivity contribution is 5.97. The van der Waals surface area contributed by atoms with Gasteiger partial charge in [0.1, 0.15) is 0 Å². The van der Waals surface area contributed by atoms with Crippen LogP contribution in [0.4, 0.5) is 0 Å². The molecule has 0 heterocycles. The third-order valence-corrected chi connectivity index (χ3v) is 2.88. The molecule has 0 aliphatic heterocycles. The molecule has 0 saturated carbocycles. The van der Waals surface area contributed by atoms with E-state index in [1.165, 1.54) is 12.1 Å². The number of aromatic carboxylic acids is 1. The number of methoxy groups -OCH3 is 1. The quantitative estimate of drug-likeness (QED) is 0.822. The lowest BCUT2D eigenvalue weighted by Crippen LogP contribution is -2.36.